The number of rotatable bonds is 4. The molecule has 0 radical (unpaired) electrons. The lowest BCUT2D eigenvalue weighted by molar-refractivity contribution is -0.140. The number of hydrogen-bond acceptors (Lipinski definition) is 3. The molecule has 0 saturated heterocycles. The summed E-state index contributed by atoms with van der Waals surface area (Å²) in [5.74, 6) is -1.26. The SMILES string of the molecule is [2H]c1cc(C)ccc1C(=O)SCC(C)C(=O)O. The monoisotopic (exact) mass is 239 g/mol. The predicted octanol–water partition coefficient (Wildman–Crippen LogP) is 2.59. The maximum Gasteiger partial charge on any atom is 0.307 e. The van der Waals surface area contributed by atoms with Crippen LogP contribution in [0.4, 0.5) is 0 Å². The number of aliphatic carboxylic acids is 1. The lowest BCUT2D eigenvalue weighted by Gasteiger charge is -2.04. The summed E-state index contributed by atoms with van der Waals surface area (Å²) in [6, 6.07) is 5.18. The number of thioether (sulfide) groups is 1. The number of carboxylic acid groups (broad SMARTS) is 1. The first-order valence-electron chi connectivity index (χ1n) is 5.39. The van der Waals surface area contributed by atoms with E-state index in [4.69, 9.17) is 6.48 Å². The standard InChI is InChI=1S/C12H14O3S/c1-8-3-5-10(6-4-8)12(15)16-7-9(2)11(13)14/h3-6,9H,7H2,1-2H3,(H,13,14)/i5D. The van der Waals surface area contributed by atoms with Crippen LogP contribution in [0, 0.1) is 12.8 Å². The van der Waals surface area contributed by atoms with Crippen LogP contribution < -0.4 is 0 Å². The summed E-state index contributed by atoms with van der Waals surface area (Å²) >= 11 is 0.946. The molecule has 1 unspecified atom stereocenters. The van der Waals surface area contributed by atoms with Crippen molar-refractivity contribution in [3.63, 3.8) is 0 Å². The van der Waals surface area contributed by atoms with Crippen LogP contribution in [0.25, 0.3) is 0 Å². The van der Waals surface area contributed by atoms with Gasteiger partial charge in [0.15, 0.2) is 0 Å². The first-order chi connectivity index (χ1) is 7.91. The van der Waals surface area contributed by atoms with Gasteiger partial charge in [0.25, 0.3) is 0 Å². The van der Waals surface area contributed by atoms with Gasteiger partial charge in [-0.15, -0.1) is 0 Å². The molecule has 0 spiro atoms. The average Bonchev–Trinajstić information content (AvgIpc) is 2.25. The molecule has 1 aromatic rings. The van der Waals surface area contributed by atoms with Crippen molar-refractivity contribution in [2.45, 2.75) is 13.8 Å². The smallest absolute Gasteiger partial charge is 0.307 e. The maximum atomic E-state index is 11.8. The van der Waals surface area contributed by atoms with Gasteiger partial charge in [0, 0.05) is 11.3 Å². The summed E-state index contributed by atoms with van der Waals surface area (Å²) in [5, 5.41) is 8.45. The van der Waals surface area contributed by atoms with Crippen molar-refractivity contribution in [1.82, 2.24) is 0 Å². The largest absolute Gasteiger partial charge is 0.481 e. The van der Waals surface area contributed by atoms with Gasteiger partial charge >= 0.3 is 5.97 Å². The van der Waals surface area contributed by atoms with E-state index >= 15 is 0 Å². The highest BCUT2D eigenvalue weighted by atomic mass is 32.2. The Kier molecular flexibility index (Phi) is 3.99. The molecule has 1 rings (SSSR count). The van der Waals surface area contributed by atoms with Gasteiger partial charge in [0.1, 0.15) is 0 Å². The number of hydrogen-bond donors (Lipinski definition) is 1. The van der Waals surface area contributed by atoms with E-state index in [1.165, 1.54) is 0 Å². The number of carbonyl (C=O) groups excluding carboxylic acids is 1. The summed E-state index contributed by atoms with van der Waals surface area (Å²) < 4.78 is 7.66. The summed E-state index contributed by atoms with van der Waals surface area (Å²) in [4.78, 5) is 22.4. The topological polar surface area (TPSA) is 54.4 Å². The molecule has 0 fully saturated rings. The Hall–Kier alpha value is -1.29. The van der Waals surface area contributed by atoms with E-state index in [1.807, 2.05) is 6.92 Å². The van der Waals surface area contributed by atoms with Gasteiger partial charge in [-0.3, -0.25) is 9.59 Å². The predicted molar refractivity (Wildman–Crippen MR) is 64.8 cm³/mol. The van der Waals surface area contributed by atoms with Crippen LogP contribution in [-0.2, 0) is 4.79 Å². The number of carboxylic acids is 1. The van der Waals surface area contributed by atoms with E-state index in [2.05, 4.69) is 0 Å². The first kappa shape index (κ1) is 11.2. The Bertz CT molecular complexity index is 445. The van der Waals surface area contributed by atoms with Crippen molar-refractivity contribution in [2.75, 3.05) is 5.75 Å². The average molecular weight is 239 g/mol. The third kappa shape index (κ3) is 3.70. The van der Waals surface area contributed by atoms with Gasteiger partial charge in [0.05, 0.1) is 7.29 Å². The molecule has 0 aliphatic heterocycles. The van der Waals surface area contributed by atoms with Gasteiger partial charge in [-0.2, -0.15) is 0 Å². The van der Waals surface area contributed by atoms with E-state index < -0.39 is 11.9 Å². The molecule has 1 aromatic carbocycles. The van der Waals surface area contributed by atoms with E-state index in [1.54, 1.807) is 25.1 Å². The zero-order valence-electron chi connectivity index (χ0n) is 10.2. The van der Waals surface area contributed by atoms with E-state index in [-0.39, 0.29) is 16.9 Å². The highest BCUT2D eigenvalue weighted by Gasteiger charge is 2.14. The zero-order chi connectivity index (χ0) is 13.0. The molecule has 4 heteroatoms. The molecule has 86 valence electrons. The van der Waals surface area contributed by atoms with Gasteiger partial charge in [-0.25, -0.2) is 0 Å². The molecule has 3 nitrogen and oxygen atoms in total. The first-order valence-corrected chi connectivity index (χ1v) is 5.87. The minimum Gasteiger partial charge on any atom is -0.481 e. The van der Waals surface area contributed by atoms with Crippen molar-refractivity contribution in [3.8, 4) is 0 Å². The van der Waals surface area contributed by atoms with E-state index in [0.717, 1.165) is 17.3 Å². The highest BCUT2D eigenvalue weighted by Crippen LogP contribution is 2.16. The maximum absolute atomic E-state index is 11.8. The van der Waals surface area contributed by atoms with E-state index in [0.29, 0.717) is 5.56 Å². The van der Waals surface area contributed by atoms with Crippen LogP contribution in [-0.4, -0.2) is 21.9 Å². The Labute approximate surface area is 100 Å². The summed E-state index contributed by atoms with van der Waals surface area (Å²) in [6.45, 7) is 3.41. The molecule has 0 bridgehead atoms. The summed E-state index contributed by atoms with van der Waals surface area (Å²) in [6.07, 6.45) is 0. The third-order valence-electron chi connectivity index (χ3n) is 2.07. The van der Waals surface area contributed by atoms with Gasteiger partial charge in [0.2, 0.25) is 5.12 Å². The zero-order valence-corrected chi connectivity index (χ0v) is 10.0. The fraction of sp³-hybridized carbons (Fsp3) is 0.333. The fourth-order valence-corrected chi connectivity index (χ4v) is 1.81. The minimum atomic E-state index is -0.916. The third-order valence-corrected chi connectivity index (χ3v) is 3.22. The van der Waals surface area contributed by atoms with Gasteiger partial charge in [-0.1, -0.05) is 48.5 Å². The number of benzene rings is 1. The van der Waals surface area contributed by atoms with Crippen molar-refractivity contribution in [3.05, 3.63) is 35.4 Å². The number of carbonyl (C=O) groups is 2. The van der Waals surface area contributed by atoms with Gasteiger partial charge < -0.3 is 5.11 Å². The van der Waals surface area contributed by atoms with Crippen LogP contribution in [0.15, 0.2) is 24.2 Å². The molecule has 0 aliphatic carbocycles. The molecule has 0 aliphatic rings. The molecular formula is C12H14O3S. The van der Waals surface area contributed by atoms with Crippen molar-refractivity contribution in [1.29, 1.82) is 0 Å². The Balaban J connectivity index is 2.67. The second kappa shape index (κ2) is 5.70. The second-order valence-electron chi connectivity index (χ2n) is 3.62. The molecule has 1 N–H and O–H groups in total. The van der Waals surface area contributed by atoms with Crippen molar-refractivity contribution < 1.29 is 16.1 Å². The summed E-state index contributed by atoms with van der Waals surface area (Å²) in [7, 11) is 0. The van der Waals surface area contributed by atoms with Gasteiger partial charge in [-0.05, 0) is 6.92 Å². The van der Waals surface area contributed by atoms with Crippen molar-refractivity contribution in [2.24, 2.45) is 5.92 Å². The molecule has 0 heterocycles. The van der Waals surface area contributed by atoms with Crippen LogP contribution in [0.3, 0.4) is 0 Å². The van der Waals surface area contributed by atoms with E-state index in [9.17, 15) is 9.59 Å². The Morgan fingerprint density at radius 1 is 1.50 bits per heavy atom. The van der Waals surface area contributed by atoms with Crippen molar-refractivity contribution >= 4 is 22.8 Å². The lowest BCUT2D eigenvalue weighted by atomic mass is 10.2. The number of aryl methyl sites for hydroxylation is 1. The molecule has 16 heavy (non-hydrogen) atoms. The minimum absolute atomic E-state index is 0.186. The lowest BCUT2D eigenvalue weighted by Crippen LogP contribution is -2.13. The second-order valence-corrected chi connectivity index (χ2v) is 4.61. The normalized spacial score (nSPS) is 13.0. The van der Waals surface area contributed by atoms with Crippen LogP contribution in [0.1, 0.15) is 24.2 Å². The Morgan fingerprint density at radius 3 is 2.75 bits per heavy atom. The molecule has 0 saturated carbocycles. The summed E-state index contributed by atoms with van der Waals surface area (Å²) in [5.41, 5.74) is 1.26. The van der Waals surface area contributed by atoms with Crippen LogP contribution >= 0.6 is 11.8 Å². The fourth-order valence-electron chi connectivity index (χ4n) is 0.979. The van der Waals surface area contributed by atoms with Crippen LogP contribution in [0.5, 0.6) is 0 Å². The molecular weight excluding hydrogens is 224 g/mol. The van der Waals surface area contributed by atoms with Crippen LogP contribution in [0.2, 0.25) is 0 Å². The molecule has 1 atom stereocenters. The molecule has 0 amide bonds. The quantitative estimate of drug-likeness (QED) is 0.877. The highest BCUT2D eigenvalue weighted by molar-refractivity contribution is 8.14. The molecule has 0 aromatic heterocycles. The Morgan fingerprint density at radius 2 is 2.19 bits per heavy atom.